The summed E-state index contributed by atoms with van der Waals surface area (Å²) in [5.74, 6) is 0.0987. The van der Waals surface area contributed by atoms with Crippen LogP contribution in [-0.2, 0) is 4.84 Å². The number of furan rings is 1. The number of hydrogen-bond donors (Lipinski definition) is 2. The standard InChI is InChI=1S/C13H10N2O4/c16-13(17)9-4-1-3-8(7-9)11-14-12(19-15-11)10-5-2-6-18-10/h1-7,12H,(H,14,15)(H,16,17). The van der Waals surface area contributed by atoms with Crippen LogP contribution in [0.15, 0.2) is 52.2 Å². The number of carbonyl (C=O) groups is 1. The highest BCUT2D eigenvalue weighted by Gasteiger charge is 2.24. The fourth-order valence-electron chi connectivity index (χ4n) is 1.78. The smallest absolute Gasteiger partial charge is 0.335 e. The predicted octanol–water partition coefficient (Wildman–Crippen LogP) is 1.96. The molecular formula is C13H10N2O4. The minimum absolute atomic E-state index is 0.198. The van der Waals surface area contributed by atoms with Crippen LogP contribution in [0.3, 0.4) is 0 Å². The van der Waals surface area contributed by atoms with Gasteiger partial charge in [0.15, 0.2) is 11.6 Å². The Hall–Kier alpha value is -2.76. The van der Waals surface area contributed by atoms with E-state index in [2.05, 4.69) is 10.5 Å². The second-order valence-electron chi connectivity index (χ2n) is 3.97. The number of oxime groups is 1. The monoisotopic (exact) mass is 258 g/mol. The van der Waals surface area contributed by atoms with E-state index in [9.17, 15) is 4.79 Å². The molecule has 1 aliphatic rings. The summed E-state index contributed by atoms with van der Waals surface area (Å²) >= 11 is 0. The van der Waals surface area contributed by atoms with Gasteiger partial charge in [-0.1, -0.05) is 17.3 Å². The molecule has 2 aromatic rings. The van der Waals surface area contributed by atoms with Crippen molar-refractivity contribution in [1.82, 2.24) is 5.32 Å². The summed E-state index contributed by atoms with van der Waals surface area (Å²) in [4.78, 5) is 16.1. The quantitative estimate of drug-likeness (QED) is 0.879. The van der Waals surface area contributed by atoms with Gasteiger partial charge in [-0.3, -0.25) is 0 Å². The van der Waals surface area contributed by atoms with Crippen molar-refractivity contribution in [3.8, 4) is 0 Å². The SMILES string of the molecule is O=C(O)c1cccc(C2=NOC(c3ccco3)N2)c1. The van der Waals surface area contributed by atoms with Gasteiger partial charge >= 0.3 is 5.97 Å². The van der Waals surface area contributed by atoms with Crippen LogP contribution in [-0.4, -0.2) is 16.9 Å². The Morgan fingerprint density at radius 1 is 1.32 bits per heavy atom. The van der Waals surface area contributed by atoms with Crippen molar-refractivity contribution in [2.24, 2.45) is 5.16 Å². The molecule has 0 aliphatic carbocycles. The Morgan fingerprint density at radius 3 is 2.95 bits per heavy atom. The third-order valence-electron chi connectivity index (χ3n) is 2.70. The maximum absolute atomic E-state index is 10.9. The van der Waals surface area contributed by atoms with Gasteiger partial charge in [0.2, 0.25) is 0 Å². The fraction of sp³-hybridized carbons (Fsp3) is 0.0769. The Labute approximate surface area is 108 Å². The number of hydrogen-bond acceptors (Lipinski definition) is 5. The molecule has 1 aromatic carbocycles. The normalized spacial score (nSPS) is 17.5. The molecule has 1 aromatic heterocycles. The zero-order chi connectivity index (χ0) is 13.2. The van der Waals surface area contributed by atoms with Crippen LogP contribution in [0.25, 0.3) is 0 Å². The molecule has 0 saturated heterocycles. The zero-order valence-electron chi connectivity index (χ0n) is 9.74. The molecule has 1 aliphatic heterocycles. The molecule has 3 rings (SSSR count). The van der Waals surface area contributed by atoms with Gasteiger partial charge in [-0.05, 0) is 24.3 Å². The van der Waals surface area contributed by atoms with E-state index in [1.54, 1.807) is 30.5 Å². The largest absolute Gasteiger partial charge is 0.478 e. The number of aromatic carboxylic acids is 1. The van der Waals surface area contributed by atoms with Gasteiger partial charge in [-0.2, -0.15) is 0 Å². The number of rotatable bonds is 3. The van der Waals surface area contributed by atoms with Crippen molar-refractivity contribution in [3.63, 3.8) is 0 Å². The summed E-state index contributed by atoms with van der Waals surface area (Å²) in [6, 6.07) is 9.98. The summed E-state index contributed by atoms with van der Waals surface area (Å²) in [5, 5.41) is 15.9. The van der Waals surface area contributed by atoms with Crippen molar-refractivity contribution in [1.29, 1.82) is 0 Å². The average molecular weight is 258 g/mol. The number of nitrogens with zero attached hydrogens (tertiary/aromatic N) is 1. The zero-order valence-corrected chi connectivity index (χ0v) is 9.74. The van der Waals surface area contributed by atoms with Crippen molar-refractivity contribution >= 4 is 11.8 Å². The molecule has 0 fully saturated rings. The molecule has 6 heteroatoms. The van der Waals surface area contributed by atoms with Gasteiger partial charge in [0.1, 0.15) is 0 Å². The Morgan fingerprint density at radius 2 is 2.21 bits per heavy atom. The van der Waals surface area contributed by atoms with E-state index in [4.69, 9.17) is 14.4 Å². The molecule has 0 saturated carbocycles. The lowest BCUT2D eigenvalue weighted by molar-refractivity contribution is 0.0561. The Bertz CT molecular complexity index is 634. The molecule has 2 N–H and O–H groups in total. The molecule has 0 bridgehead atoms. The molecule has 1 unspecified atom stereocenters. The summed E-state index contributed by atoms with van der Waals surface area (Å²) in [6.07, 6.45) is 1.06. The molecule has 0 amide bonds. The third-order valence-corrected chi connectivity index (χ3v) is 2.70. The molecule has 19 heavy (non-hydrogen) atoms. The van der Waals surface area contributed by atoms with Crippen molar-refractivity contribution in [2.45, 2.75) is 6.23 Å². The number of carboxylic acids is 1. The maximum Gasteiger partial charge on any atom is 0.335 e. The van der Waals surface area contributed by atoms with Crippen LogP contribution in [0.2, 0.25) is 0 Å². The summed E-state index contributed by atoms with van der Waals surface area (Å²) < 4.78 is 5.21. The molecular weight excluding hydrogens is 248 g/mol. The third kappa shape index (κ3) is 2.15. The van der Waals surface area contributed by atoms with E-state index in [1.165, 1.54) is 12.1 Å². The Balaban J connectivity index is 1.81. The van der Waals surface area contributed by atoms with Gasteiger partial charge in [-0.15, -0.1) is 0 Å². The lowest BCUT2D eigenvalue weighted by Crippen LogP contribution is -2.23. The maximum atomic E-state index is 10.9. The van der Waals surface area contributed by atoms with E-state index < -0.39 is 12.2 Å². The van der Waals surface area contributed by atoms with Crippen LogP contribution < -0.4 is 5.32 Å². The van der Waals surface area contributed by atoms with E-state index in [0.29, 0.717) is 17.2 Å². The topological polar surface area (TPSA) is 84.1 Å². The summed E-state index contributed by atoms with van der Waals surface area (Å²) in [5.41, 5.74) is 0.845. The molecule has 1 atom stereocenters. The second kappa shape index (κ2) is 4.49. The van der Waals surface area contributed by atoms with Crippen molar-refractivity contribution in [3.05, 3.63) is 59.5 Å². The number of amidine groups is 1. The molecule has 96 valence electrons. The van der Waals surface area contributed by atoms with Gasteiger partial charge in [0, 0.05) is 5.56 Å². The highest BCUT2D eigenvalue weighted by molar-refractivity contribution is 6.01. The highest BCUT2D eigenvalue weighted by Crippen LogP contribution is 2.21. The lowest BCUT2D eigenvalue weighted by atomic mass is 10.1. The van der Waals surface area contributed by atoms with Crippen LogP contribution in [0.5, 0.6) is 0 Å². The Kier molecular flexibility index (Phi) is 2.68. The first-order valence-corrected chi connectivity index (χ1v) is 5.61. The van der Waals surface area contributed by atoms with E-state index in [1.807, 2.05) is 0 Å². The van der Waals surface area contributed by atoms with Gasteiger partial charge in [0.25, 0.3) is 6.23 Å². The van der Waals surface area contributed by atoms with Gasteiger partial charge < -0.3 is 19.7 Å². The van der Waals surface area contributed by atoms with E-state index >= 15 is 0 Å². The molecule has 2 heterocycles. The van der Waals surface area contributed by atoms with Crippen LogP contribution in [0.1, 0.15) is 27.9 Å². The van der Waals surface area contributed by atoms with Gasteiger partial charge in [0.05, 0.1) is 11.8 Å². The molecule has 6 nitrogen and oxygen atoms in total. The minimum atomic E-state index is -0.982. The predicted molar refractivity (Wildman–Crippen MR) is 65.6 cm³/mol. The van der Waals surface area contributed by atoms with Gasteiger partial charge in [-0.25, -0.2) is 4.79 Å². The summed E-state index contributed by atoms with van der Waals surface area (Å²) in [7, 11) is 0. The van der Waals surface area contributed by atoms with E-state index in [0.717, 1.165) is 0 Å². The van der Waals surface area contributed by atoms with Crippen LogP contribution in [0, 0.1) is 0 Å². The average Bonchev–Trinajstić information content (AvgIpc) is 3.09. The first-order chi connectivity index (χ1) is 9.24. The van der Waals surface area contributed by atoms with Crippen LogP contribution >= 0.6 is 0 Å². The number of nitrogens with one attached hydrogen (secondary N) is 1. The summed E-state index contributed by atoms with van der Waals surface area (Å²) in [6.45, 7) is 0. The minimum Gasteiger partial charge on any atom is -0.478 e. The fourth-order valence-corrected chi connectivity index (χ4v) is 1.78. The van der Waals surface area contributed by atoms with E-state index in [-0.39, 0.29) is 5.56 Å². The lowest BCUT2D eigenvalue weighted by Gasteiger charge is -2.06. The first kappa shape index (κ1) is 11.3. The second-order valence-corrected chi connectivity index (χ2v) is 3.97. The molecule has 0 radical (unpaired) electrons. The van der Waals surface area contributed by atoms with Crippen LogP contribution in [0.4, 0.5) is 0 Å². The van der Waals surface area contributed by atoms with Crippen molar-refractivity contribution in [2.75, 3.05) is 0 Å². The number of benzene rings is 1. The number of carboxylic acid groups (broad SMARTS) is 1. The highest BCUT2D eigenvalue weighted by atomic mass is 16.7. The van der Waals surface area contributed by atoms with Crippen molar-refractivity contribution < 1.29 is 19.2 Å². The first-order valence-electron chi connectivity index (χ1n) is 5.61. The molecule has 0 spiro atoms.